The number of halogens is 1. The van der Waals surface area contributed by atoms with Gasteiger partial charge in [0.1, 0.15) is 10.7 Å². The highest BCUT2D eigenvalue weighted by Crippen LogP contribution is 2.33. The molecule has 1 aromatic carbocycles. The third-order valence-corrected chi connectivity index (χ3v) is 6.70. The topological polar surface area (TPSA) is 75.3 Å². The summed E-state index contributed by atoms with van der Waals surface area (Å²) in [6, 6.07) is 4.65. The lowest BCUT2D eigenvalue weighted by Crippen LogP contribution is -2.27. The number of aromatic nitrogens is 2. The molecule has 0 bridgehead atoms. The minimum Gasteiger partial charge on any atom is -0.494 e. The van der Waals surface area contributed by atoms with E-state index in [-0.39, 0.29) is 23.6 Å². The van der Waals surface area contributed by atoms with Gasteiger partial charge < -0.3 is 14.6 Å². The molecule has 4 rings (SSSR count). The summed E-state index contributed by atoms with van der Waals surface area (Å²) in [4.78, 5) is 36.2. The van der Waals surface area contributed by atoms with Gasteiger partial charge in [-0.15, -0.1) is 11.3 Å². The van der Waals surface area contributed by atoms with Gasteiger partial charge in [-0.1, -0.05) is 6.07 Å². The van der Waals surface area contributed by atoms with Crippen molar-refractivity contribution in [1.82, 2.24) is 14.9 Å². The first kappa shape index (κ1) is 20.5. The minimum absolute atomic E-state index is 0.0977. The van der Waals surface area contributed by atoms with E-state index >= 15 is 0 Å². The lowest BCUT2D eigenvalue weighted by molar-refractivity contribution is -0.130. The van der Waals surface area contributed by atoms with Crippen molar-refractivity contribution in [1.29, 1.82) is 0 Å². The van der Waals surface area contributed by atoms with E-state index in [0.29, 0.717) is 24.4 Å². The number of nitrogens with zero attached hydrogens (tertiary/aromatic N) is 2. The zero-order valence-electron chi connectivity index (χ0n) is 17.1. The number of nitrogens with one attached hydrogen (secondary N) is 1. The molecule has 0 unspecified atom stereocenters. The van der Waals surface area contributed by atoms with Gasteiger partial charge >= 0.3 is 0 Å². The van der Waals surface area contributed by atoms with E-state index in [1.807, 2.05) is 0 Å². The summed E-state index contributed by atoms with van der Waals surface area (Å²) in [6.07, 6.45) is 4.79. The van der Waals surface area contributed by atoms with Gasteiger partial charge in [-0.25, -0.2) is 9.37 Å². The largest absolute Gasteiger partial charge is 0.494 e. The molecule has 0 saturated heterocycles. The zero-order valence-corrected chi connectivity index (χ0v) is 17.9. The minimum atomic E-state index is -0.454. The molecule has 6 nitrogen and oxygen atoms in total. The van der Waals surface area contributed by atoms with Crippen LogP contribution in [0.15, 0.2) is 23.0 Å². The van der Waals surface area contributed by atoms with Crippen molar-refractivity contribution in [3.05, 3.63) is 56.2 Å². The predicted molar refractivity (Wildman–Crippen MR) is 115 cm³/mol. The quantitative estimate of drug-likeness (QED) is 0.650. The van der Waals surface area contributed by atoms with Gasteiger partial charge in [0.25, 0.3) is 5.56 Å². The predicted octanol–water partition coefficient (Wildman–Crippen LogP) is 3.60. The van der Waals surface area contributed by atoms with Gasteiger partial charge in [-0.3, -0.25) is 9.59 Å². The Hall–Kier alpha value is -2.74. The number of thiophene rings is 1. The highest BCUT2D eigenvalue weighted by Gasteiger charge is 2.20. The number of H-pyrrole nitrogens is 1. The monoisotopic (exact) mass is 429 g/mol. The van der Waals surface area contributed by atoms with Gasteiger partial charge in [0.15, 0.2) is 11.6 Å². The number of ether oxygens (including phenoxy) is 1. The molecule has 1 amide bonds. The first-order valence-corrected chi connectivity index (χ1v) is 10.9. The molecule has 0 atom stereocenters. The van der Waals surface area contributed by atoms with E-state index in [1.54, 1.807) is 35.4 Å². The average Bonchev–Trinajstić information content (AvgIpc) is 3.11. The van der Waals surface area contributed by atoms with Crippen LogP contribution in [0.3, 0.4) is 0 Å². The third-order valence-electron chi connectivity index (χ3n) is 5.51. The summed E-state index contributed by atoms with van der Waals surface area (Å²) < 4.78 is 18.8. The first-order valence-electron chi connectivity index (χ1n) is 10.1. The normalized spacial score (nSPS) is 13.3. The summed E-state index contributed by atoms with van der Waals surface area (Å²) in [5.74, 6) is 0.153. The summed E-state index contributed by atoms with van der Waals surface area (Å²) >= 11 is 1.60. The number of hydrogen-bond donors (Lipinski definition) is 1. The van der Waals surface area contributed by atoms with Crippen molar-refractivity contribution >= 4 is 27.5 Å². The molecular formula is C22H24FN3O3S. The van der Waals surface area contributed by atoms with E-state index in [0.717, 1.165) is 41.5 Å². The molecule has 2 heterocycles. The van der Waals surface area contributed by atoms with Crippen molar-refractivity contribution < 1.29 is 13.9 Å². The van der Waals surface area contributed by atoms with Crippen molar-refractivity contribution in [2.75, 3.05) is 14.2 Å². The molecule has 0 aliphatic heterocycles. The number of carbonyl (C=O) groups is 1. The number of rotatable bonds is 6. The highest BCUT2D eigenvalue weighted by atomic mass is 32.1. The molecule has 1 aliphatic rings. The van der Waals surface area contributed by atoms with Crippen LogP contribution in [-0.4, -0.2) is 34.9 Å². The number of aryl methyl sites for hydroxylation is 3. The second-order valence-electron chi connectivity index (χ2n) is 7.62. The van der Waals surface area contributed by atoms with Crippen LogP contribution in [0.4, 0.5) is 4.39 Å². The lowest BCUT2D eigenvalue weighted by atomic mass is 9.97. The molecule has 30 heavy (non-hydrogen) atoms. The van der Waals surface area contributed by atoms with Crippen LogP contribution in [0.25, 0.3) is 10.2 Å². The Kier molecular flexibility index (Phi) is 5.85. The number of carbonyl (C=O) groups excluding carboxylic acids is 1. The maximum Gasteiger partial charge on any atom is 0.259 e. The number of methoxy groups -OCH3 is 1. The van der Waals surface area contributed by atoms with Gasteiger partial charge in [-0.2, -0.15) is 0 Å². The highest BCUT2D eigenvalue weighted by molar-refractivity contribution is 7.18. The Labute approximate surface area is 177 Å². The van der Waals surface area contributed by atoms with Crippen LogP contribution in [-0.2, 0) is 30.6 Å². The number of amides is 1. The summed E-state index contributed by atoms with van der Waals surface area (Å²) in [6.45, 7) is 0.292. The van der Waals surface area contributed by atoms with E-state index in [2.05, 4.69) is 9.97 Å². The van der Waals surface area contributed by atoms with Crippen LogP contribution in [0.5, 0.6) is 5.75 Å². The van der Waals surface area contributed by atoms with Gasteiger partial charge in [-0.05, 0) is 48.9 Å². The third kappa shape index (κ3) is 4.09. The van der Waals surface area contributed by atoms with Crippen LogP contribution in [0.1, 0.15) is 41.1 Å². The Morgan fingerprint density at radius 1 is 1.33 bits per heavy atom. The molecule has 3 aromatic rings. The van der Waals surface area contributed by atoms with E-state index < -0.39 is 5.82 Å². The van der Waals surface area contributed by atoms with E-state index in [1.165, 1.54) is 18.1 Å². The molecule has 0 fully saturated rings. The molecule has 158 valence electrons. The second-order valence-corrected chi connectivity index (χ2v) is 8.71. The maximum atomic E-state index is 13.9. The SMILES string of the molecule is COc1ccc(CN(C)C(=O)CCc2nc3sc4c(c3c(=O)[nH]2)CCCC4)cc1F. The summed E-state index contributed by atoms with van der Waals surface area (Å²) in [5.41, 5.74) is 1.73. The molecular weight excluding hydrogens is 405 g/mol. The molecule has 0 radical (unpaired) electrons. The molecule has 0 saturated carbocycles. The maximum absolute atomic E-state index is 13.9. The van der Waals surface area contributed by atoms with Crippen LogP contribution in [0.2, 0.25) is 0 Å². The molecule has 8 heteroatoms. The van der Waals surface area contributed by atoms with Gasteiger partial charge in [0.2, 0.25) is 5.91 Å². The summed E-state index contributed by atoms with van der Waals surface area (Å²) in [7, 11) is 3.09. The van der Waals surface area contributed by atoms with Crippen molar-refractivity contribution in [3.8, 4) is 5.75 Å². The van der Waals surface area contributed by atoms with Crippen LogP contribution < -0.4 is 10.3 Å². The van der Waals surface area contributed by atoms with Crippen molar-refractivity contribution in [3.63, 3.8) is 0 Å². The number of aromatic amines is 1. The standard InChI is InChI=1S/C22H24FN3O3S/c1-26(12-13-7-8-16(29-2)15(23)11-13)19(27)10-9-18-24-21(28)20-14-5-3-4-6-17(14)30-22(20)25-18/h7-8,11H,3-6,9-10,12H2,1-2H3,(H,24,25,28). The fraction of sp³-hybridized carbons (Fsp3) is 0.409. The number of benzene rings is 1. The Balaban J connectivity index is 1.42. The zero-order chi connectivity index (χ0) is 21.3. The molecule has 1 N–H and O–H groups in total. The van der Waals surface area contributed by atoms with Crippen LogP contribution in [0, 0.1) is 5.82 Å². The van der Waals surface area contributed by atoms with Crippen molar-refractivity contribution in [2.45, 2.75) is 45.1 Å². The van der Waals surface area contributed by atoms with Gasteiger partial charge in [0.05, 0.1) is 12.5 Å². The molecule has 1 aliphatic carbocycles. The van der Waals surface area contributed by atoms with E-state index in [4.69, 9.17) is 4.74 Å². The smallest absolute Gasteiger partial charge is 0.259 e. The van der Waals surface area contributed by atoms with Crippen LogP contribution >= 0.6 is 11.3 Å². The molecule has 0 spiro atoms. The summed E-state index contributed by atoms with van der Waals surface area (Å²) in [5, 5.41) is 0.725. The Bertz CT molecular complexity index is 1150. The van der Waals surface area contributed by atoms with Crippen molar-refractivity contribution in [2.24, 2.45) is 0 Å². The molecule has 2 aromatic heterocycles. The second kappa shape index (κ2) is 8.55. The van der Waals surface area contributed by atoms with Gasteiger partial charge in [0, 0.05) is 31.3 Å². The Morgan fingerprint density at radius 3 is 2.90 bits per heavy atom. The lowest BCUT2D eigenvalue weighted by Gasteiger charge is -2.17. The number of hydrogen-bond acceptors (Lipinski definition) is 5. The fourth-order valence-corrected chi connectivity index (χ4v) is 5.19. The van der Waals surface area contributed by atoms with E-state index in [9.17, 15) is 14.0 Å². The number of fused-ring (bicyclic) bond motifs is 3. The average molecular weight is 430 g/mol. The Morgan fingerprint density at radius 2 is 2.13 bits per heavy atom. The first-order chi connectivity index (χ1) is 14.5. The fourth-order valence-electron chi connectivity index (χ4n) is 3.91.